The van der Waals surface area contributed by atoms with Crippen molar-refractivity contribution >= 4 is 0 Å². The minimum Gasteiger partial charge on any atom is -0.329 e. The van der Waals surface area contributed by atoms with Crippen LogP contribution in [-0.4, -0.2) is 90.3 Å². The quantitative estimate of drug-likeness (QED) is 0.149. The van der Waals surface area contributed by atoms with Crippen LogP contribution in [0.3, 0.4) is 0 Å². The molecule has 49 heavy (non-hydrogen) atoms. The standard InChI is InChI=1S/C14HF29O6/c15-1(16,3(19,20)21)2(17,18)5(24,25)45-7(28,29)9(32,33)47-11(36,37)13(40,41)49-14(42,43)12(38,39)48-10(34,35)8(30,31)46-6(26,27)4(22,23)44/h44H. The van der Waals surface area contributed by atoms with Gasteiger partial charge in [-0.1, -0.05) is 0 Å². The van der Waals surface area contributed by atoms with Crippen LogP contribution < -0.4 is 0 Å². The number of halogens is 29. The van der Waals surface area contributed by atoms with E-state index in [2.05, 4.69) is 0 Å². The van der Waals surface area contributed by atoms with E-state index in [0.717, 1.165) is 18.9 Å². The third-order valence-electron chi connectivity index (χ3n) is 4.10. The van der Waals surface area contributed by atoms with E-state index in [4.69, 9.17) is 5.11 Å². The minimum absolute atomic E-state index is 0.931. The Morgan fingerprint density at radius 1 is 0.224 bits per heavy atom. The summed E-state index contributed by atoms with van der Waals surface area (Å²) >= 11 is 0. The van der Waals surface area contributed by atoms with Crippen molar-refractivity contribution in [2.75, 3.05) is 0 Å². The molecule has 1 N–H and O–H groups in total. The molecule has 6 nitrogen and oxygen atoms in total. The van der Waals surface area contributed by atoms with Gasteiger partial charge in [0.05, 0.1) is 0 Å². The molecule has 0 bridgehead atoms. The maximum absolute atomic E-state index is 13.3. The Balaban J connectivity index is 6.40. The fourth-order valence-corrected chi connectivity index (χ4v) is 1.77. The number of ether oxygens (including phenoxy) is 5. The molecule has 35 heteroatoms. The van der Waals surface area contributed by atoms with Gasteiger partial charge >= 0.3 is 85.2 Å². The summed E-state index contributed by atoms with van der Waals surface area (Å²) in [6, 6.07) is 0. The predicted octanol–water partition coefficient (Wildman–Crippen LogP) is 8.42. The van der Waals surface area contributed by atoms with Crippen LogP contribution in [0.5, 0.6) is 0 Å². The first-order chi connectivity index (χ1) is 20.5. The highest BCUT2D eigenvalue weighted by Crippen LogP contribution is 2.57. The normalized spacial score (nSPS) is 16.8. The smallest absolute Gasteiger partial charge is 0.329 e. The van der Waals surface area contributed by atoms with Crippen LogP contribution in [0.4, 0.5) is 127 Å². The Labute approximate surface area is 243 Å². The molecule has 0 heterocycles. The molecule has 0 aromatic carbocycles. The third-order valence-corrected chi connectivity index (χ3v) is 4.10. The van der Waals surface area contributed by atoms with E-state index in [9.17, 15) is 127 Å². The first-order valence-electron chi connectivity index (χ1n) is 9.75. The molecule has 0 saturated heterocycles. The summed E-state index contributed by atoms with van der Waals surface area (Å²) < 4.78 is 379. The molecule has 0 unspecified atom stereocenters. The maximum atomic E-state index is 13.3. The van der Waals surface area contributed by atoms with Crippen molar-refractivity contribution in [2.24, 2.45) is 0 Å². The fourth-order valence-electron chi connectivity index (χ4n) is 1.77. The molecule has 0 aromatic rings. The molecule has 0 aromatic heterocycles. The Kier molecular flexibility index (Phi) is 11.6. The van der Waals surface area contributed by atoms with Gasteiger partial charge in [0.25, 0.3) is 0 Å². The molecule has 0 radical (unpaired) electrons. The monoisotopic (exact) mass is 816 g/mol. The van der Waals surface area contributed by atoms with Gasteiger partial charge in [-0.2, -0.15) is 127 Å². The lowest BCUT2D eigenvalue weighted by atomic mass is 10.1. The molecule has 0 atom stereocenters. The van der Waals surface area contributed by atoms with E-state index in [1.165, 1.54) is 4.74 Å². The summed E-state index contributed by atoms with van der Waals surface area (Å²) in [5.41, 5.74) is 0. The molecule has 296 valence electrons. The van der Waals surface area contributed by atoms with Crippen LogP contribution in [0.25, 0.3) is 0 Å². The van der Waals surface area contributed by atoms with Crippen LogP contribution in [0.15, 0.2) is 0 Å². The molecule has 0 aliphatic rings. The lowest BCUT2D eigenvalue weighted by Gasteiger charge is -2.37. The number of alkyl halides is 29. The average molecular weight is 816 g/mol. The number of aliphatic hydroxyl groups is 1. The summed E-state index contributed by atoms with van der Waals surface area (Å²) in [6.45, 7) is 0. The van der Waals surface area contributed by atoms with Gasteiger partial charge in [-0.15, -0.1) is 0 Å². The van der Waals surface area contributed by atoms with Gasteiger partial charge in [0.2, 0.25) is 0 Å². The van der Waals surface area contributed by atoms with Gasteiger partial charge in [-0.05, 0) is 0 Å². The number of hydrogen-bond acceptors (Lipinski definition) is 6. The van der Waals surface area contributed by atoms with Crippen molar-refractivity contribution in [1.82, 2.24) is 0 Å². The highest BCUT2D eigenvalue weighted by Gasteiger charge is 2.86. The molecule has 0 rings (SSSR count). The van der Waals surface area contributed by atoms with Gasteiger partial charge in [-0.25, -0.2) is 23.7 Å². The lowest BCUT2D eigenvalue weighted by molar-refractivity contribution is -0.594. The zero-order valence-electron chi connectivity index (χ0n) is 20.4. The maximum Gasteiger partial charge on any atom is 0.460 e. The van der Waals surface area contributed by atoms with Gasteiger partial charge < -0.3 is 5.11 Å². The minimum atomic E-state index is -8.49. The summed E-state index contributed by atoms with van der Waals surface area (Å²) in [5.74, 6) is -16.8. The lowest BCUT2D eigenvalue weighted by Crippen LogP contribution is -2.65. The summed E-state index contributed by atoms with van der Waals surface area (Å²) in [7, 11) is 0. The summed E-state index contributed by atoms with van der Waals surface area (Å²) in [5, 5.41) is 7.49. The zero-order chi connectivity index (χ0) is 40.5. The molecular formula is C14HF29O6. The van der Waals surface area contributed by atoms with Gasteiger partial charge in [-0.3, -0.25) is 0 Å². The van der Waals surface area contributed by atoms with Crippen LogP contribution in [0.1, 0.15) is 0 Å². The highest BCUT2D eigenvalue weighted by atomic mass is 19.4. The third kappa shape index (κ3) is 8.79. The Morgan fingerprint density at radius 2 is 0.388 bits per heavy atom. The molecule has 0 aliphatic carbocycles. The SMILES string of the molecule is OC(F)(F)C(F)(F)OC(F)(F)C(F)(F)OC(F)(F)C(F)(F)OC(F)(F)C(F)(F)OC(F)(F)C(F)(F)OC(F)(F)C(F)(F)C(F)(F)C(F)(F)F. The van der Waals surface area contributed by atoms with Gasteiger partial charge in [0.1, 0.15) is 0 Å². The van der Waals surface area contributed by atoms with Gasteiger partial charge in [0.15, 0.2) is 0 Å². The Bertz CT molecular complexity index is 1150. The van der Waals surface area contributed by atoms with Crippen LogP contribution >= 0.6 is 0 Å². The molecule has 0 fully saturated rings. The first kappa shape index (κ1) is 46.7. The molecule has 0 amide bonds. The predicted molar refractivity (Wildman–Crippen MR) is 78.0 cm³/mol. The second-order valence-corrected chi connectivity index (χ2v) is 7.87. The van der Waals surface area contributed by atoms with Crippen LogP contribution in [-0.2, 0) is 23.7 Å². The van der Waals surface area contributed by atoms with E-state index in [-0.39, 0.29) is 0 Å². The second-order valence-electron chi connectivity index (χ2n) is 7.87. The number of hydrogen-bond donors (Lipinski definition) is 1. The van der Waals surface area contributed by atoms with Crippen LogP contribution in [0, 0.1) is 0 Å². The van der Waals surface area contributed by atoms with Crippen LogP contribution in [0.2, 0.25) is 0 Å². The average Bonchev–Trinajstić information content (AvgIpc) is 2.73. The molecule has 0 aliphatic heterocycles. The molecule has 0 saturated carbocycles. The zero-order valence-corrected chi connectivity index (χ0v) is 20.4. The Hall–Kier alpha value is -2.27. The largest absolute Gasteiger partial charge is 0.460 e. The van der Waals surface area contributed by atoms with E-state index in [0.29, 0.717) is 0 Å². The fraction of sp³-hybridized carbons (Fsp3) is 1.00. The first-order valence-corrected chi connectivity index (χ1v) is 9.75. The van der Waals surface area contributed by atoms with Crippen molar-refractivity contribution in [1.29, 1.82) is 0 Å². The van der Waals surface area contributed by atoms with Crippen molar-refractivity contribution in [3.05, 3.63) is 0 Å². The van der Waals surface area contributed by atoms with E-state index < -0.39 is 85.2 Å². The van der Waals surface area contributed by atoms with Crippen molar-refractivity contribution in [3.63, 3.8) is 0 Å². The second kappa shape index (κ2) is 12.2. The summed E-state index contributed by atoms with van der Waals surface area (Å²) in [6.07, 6.45) is -96.6. The topological polar surface area (TPSA) is 66.4 Å². The van der Waals surface area contributed by atoms with Crippen molar-refractivity contribution in [3.8, 4) is 0 Å². The molecule has 0 spiro atoms. The van der Waals surface area contributed by atoms with Crippen molar-refractivity contribution < 1.29 is 156 Å². The van der Waals surface area contributed by atoms with E-state index in [1.54, 1.807) is 0 Å². The Morgan fingerprint density at radius 3 is 0.551 bits per heavy atom. The highest BCUT2D eigenvalue weighted by molar-refractivity contribution is 4.97. The van der Waals surface area contributed by atoms with E-state index in [1.807, 2.05) is 0 Å². The molecular weight excluding hydrogens is 815 g/mol. The van der Waals surface area contributed by atoms with Crippen molar-refractivity contribution in [2.45, 2.75) is 85.2 Å². The summed E-state index contributed by atoms with van der Waals surface area (Å²) in [4.78, 5) is 0. The number of rotatable bonds is 17. The van der Waals surface area contributed by atoms with E-state index >= 15 is 0 Å². The van der Waals surface area contributed by atoms with Gasteiger partial charge in [0, 0.05) is 0 Å².